The summed E-state index contributed by atoms with van der Waals surface area (Å²) in [6.07, 6.45) is -0.126. The van der Waals surface area contributed by atoms with E-state index in [-0.39, 0.29) is 36.7 Å². The molecule has 176 valence electrons. The second-order valence-corrected chi connectivity index (χ2v) is 7.65. The van der Waals surface area contributed by atoms with E-state index >= 15 is 0 Å². The SMILES string of the molecule is NC(=O)c1c(C(=O)[C@H](CCCN=C(N)N)NC(=O)OCc2ccccc2)ccc2ccccc12. The van der Waals surface area contributed by atoms with Crippen LogP contribution >= 0.6 is 0 Å². The number of Topliss-reactive ketones (excluding diaryl/α,β-unsaturated/α-hetero) is 1. The van der Waals surface area contributed by atoms with Gasteiger partial charge in [-0.15, -0.1) is 0 Å². The Labute approximate surface area is 197 Å². The molecule has 2 amide bonds. The number of carbonyl (C=O) groups is 3. The molecule has 0 heterocycles. The number of aliphatic imine (C=N–C) groups is 1. The summed E-state index contributed by atoms with van der Waals surface area (Å²) in [6, 6.07) is 18.6. The predicted octanol–water partition coefficient (Wildman–Crippen LogP) is 2.47. The van der Waals surface area contributed by atoms with Gasteiger partial charge >= 0.3 is 6.09 Å². The summed E-state index contributed by atoms with van der Waals surface area (Å²) >= 11 is 0. The van der Waals surface area contributed by atoms with Crippen LogP contribution in [0.4, 0.5) is 4.79 Å². The van der Waals surface area contributed by atoms with E-state index in [1.807, 2.05) is 42.5 Å². The number of fused-ring (bicyclic) bond motifs is 1. The molecule has 0 aromatic heterocycles. The van der Waals surface area contributed by atoms with Crippen LogP contribution in [0.2, 0.25) is 0 Å². The number of ketones is 1. The van der Waals surface area contributed by atoms with Crippen molar-refractivity contribution >= 4 is 34.5 Å². The average molecular weight is 462 g/mol. The van der Waals surface area contributed by atoms with Crippen LogP contribution in [-0.2, 0) is 11.3 Å². The smallest absolute Gasteiger partial charge is 0.408 e. The quantitative estimate of drug-likeness (QED) is 0.157. The first-order chi connectivity index (χ1) is 16.4. The van der Waals surface area contributed by atoms with E-state index < -0.39 is 23.8 Å². The van der Waals surface area contributed by atoms with Crippen molar-refractivity contribution in [2.24, 2.45) is 22.2 Å². The minimum absolute atomic E-state index is 0.0457. The molecule has 0 radical (unpaired) electrons. The normalized spacial score (nSPS) is 11.4. The van der Waals surface area contributed by atoms with E-state index in [0.717, 1.165) is 10.9 Å². The number of hydrogen-bond donors (Lipinski definition) is 4. The Morgan fingerprint density at radius 2 is 1.62 bits per heavy atom. The van der Waals surface area contributed by atoms with Crippen molar-refractivity contribution in [2.45, 2.75) is 25.5 Å². The van der Waals surface area contributed by atoms with E-state index in [9.17, 15) is 14.4 Å². The molecule has 0 aliphatic heterocycles. The van der Waals surface area contributed by atoms with Crippen molar-refractivity contribution in [3.05, 3.63) is 83.4 Å². The standard InChI is InChI=1S/C25H27N5O4/c26-23(32)21-18-10-5-4-9-17(18)12-13-19(21)22(31)20(11-6-14-29-24(27)28)30-25(33)34-15-16-7-2-1-3-8-16/h1-5,7-10,12-13,20H,6,11,14-15H2,(H2,26,32)(H,30,33)(H4,27,28,29)/t20-/m0/s1. The number of amides is 2. The van der Waals surface area contributed by atoms with E-state index in [2.05, 4.69) is 10.3 Å². The largest absolute Gasteiger partial charge is 0.445 e. The van der Waals surface area contributed by atoms with Crippen LogP contribution in [0, 0.1) is 0 Å². The summed E-state index contributed by atoms with van der Waals surface area (Å²) < 4.78 is 5.28. The number of primary amides is 1. The third-order valence-corrected chi connectivity index (χ3v) is 5.21. The molecule has 9 heteroatoms. The molecule has 3 rings (SSSR count). The molecule has 0 aliphatic carbocycles. The fraction of sp³-hybridized carbons (Fsp3) is 0.200. The number of hydrogen-bond acceptors (Lipinski definition) is 5. The molecule has 0 bridgehead atoms. The number of nitrogens with zero attached hydrogens (tertiary/aromatic N) is 1. The van der Waals surface area contributed by atoms with Crippen molar-refractivity contribution in [2.75, 3.05) is 6.54 Å². The van der Waals surface area contributed by atoms with Gasteiger partial charge in [0.2, 0.25) is 5.91 Å². The molecule has 7 N–H and O–H groups in total. The van der Waals surface area contributed by atoms with Crippen molar-refractivity contribution < 1.29 is 19.1 Å². The molecule has 0 unspecified atom stereocenters. The van der Waals surface area contributed by atoms with E-state index in [0.29, 0.717) is 11.8 Å². The topological polar surface area (TPSA) is 163 Å². The minimum atomic E-state index is -0.975. The number of nitrogens with two attached hydrogens (primary N) is 3. The Kier molecular flexibility index (Phi) is 8.17. The average Bonchev–Trinajstić information content (AvgIpc) is 2.83. The number of nitrogens with one attached hydrogen (secondary N) is 1. The van der Waals surface area contributed by atoms with Crippen molar-refractivity contribution in [1.29, 1.82) is 0 Å². The Morgan fingerprint density at radius 3 is 2.32 bits per heavy atom. The number of ether oxygens (including phenoxy) is 1. The van der Waals surface area contributed by atoms with Gasteiger partial charge in [0.25, 0.3) is 0 Å². The molecular weight excluding hydrogens is 434 g/mol. The van der Waals surface area contributed by atoms with E-state index in [4.69, 9.17) is 21.9 Å². The van der Waals surface area contributed by atoms with E-state index in [1.165, 1.54) is 0 Å². The molecule has 3 aromatic rings. The fourth-order valence-electron chi connectivity index (χ4n) is 3.61. The molecule has 9 nitrogen and oxygen atoms in total. The molecule has 0 saturated carbocycles. The van der Waals surface area contributed by atoms with Gasteiger partial charge in [0.05, 0.1) is 11.6 Å². The van der Waals surface area contributed by atoms with Gasteiger partial charge in [-0.25, -0.2) is 4.79 Å². The monoisotopic (exact) mass is 461 g/mol. The lowest BCUT2D eigenvalue weighted by Gasteiger charge is -2.19. The van der Waals surface area contributed by atoms with Crippen molar-refractivity contribution in [1.82, 2.24) is 5.32 Å². The van der Waals surface area contributed by atoms with Crippen molar-refractivity contribution in [3.8, 4) is 0 Å². The summed E-state index contributed by atoms with van der Waals surface area (Å²) in [5.41, 5.74) is 17.4. The summed E-state index contributed by atoms with van der Waals surface area (Å²) in [7, 11) is 0. The fourth-order valence-corrected chi connectivity index (χ4v) is 3.61. The third-order valence-electron chi connectivity index (χ3n) is 5.21. The Hall–Kier alpha value is -4.40. The van der Waals surface area contributed by atoms with Crippen LogP contribution in [0.1, 0.15) is 39.1 Å². The molecule has 0 fully saturated rings. The first-order valence-corrected chi connectivity index (χ1v) is 10.7. The highest BCUT2D eigenvalue weighted by Crippen LogP contribution is 2.24. The lowest BCUT2D eigenvalue weighted by atomic mass is 9.92. The molecule has 1 atom stereocenters. The van der Waals surface area contributed by atoms with Crippen LogP contribution in [0.15, 0.2) is 71.7 Å². The minimum Gasteiger partial charge on any atom is -0.445 e. The number of guanidine groups is 1. The van der Waals surface area contributed by atoms with E-state index in [1.54, 1.807) is 24.3 Å². The zero-order valence-electron chi connectivity index (χ0n) is 18.6. The van der Waals surface area contributed by atoms with Gasteiger partial charge in [-0.2, -0.15) is 0 Å². The summed E-state index contributed by atoms with van der Waals surface area (Å²) in [6.45, 7) is 0.317. The maximum Gasteiger partial charge on any atom is 0.408 e. The van der Waals surface area contributed by atoms with Gasteiger partial charge in [-0.05, 0) is 35.2 Å². The highest BCUT2D eigenvalue weighted by Gasteiger charge is 2.27. The van der Waals surface area contributed by atoms with Gasteiger partial charge in [0.1, 0.15) is 6.61 Å². The second-order valence-electron chi connectivity index (χ2n) is 7.65. The molecular formula is C25H27N5O4. The zero-order chi connectivity index (χ0) is 24.5. The number of alkyl carbamates (subject to hydrolysis) is 1. The van der Waals surface area contributed by atoms with Crippen molar-refractivity contribution in [3.63, 3.8) is 0 Å². The molecule has 0 saturated heterocycles. The van der Waals surface area contributed by atoms with Gasteiger partial charge in [0.15, 0.2) is 11.7 Å². The number of rotatable bonds is 10. The molecule has 0 spiro atoms. The maximum absolute atomic E-state index is 13.5. The van der Waals surface area contributed by atoms with Crippen LogP contribution < -0.4 is 22.5 Å². The Balaban J connectivity index is 1.84. The highest BCUT2D eigenvalue weighted by atomic mass is 16.5. The number of benzene rings is 3. The molecule has 34 heavy (non-hydrogen) atoms. The van der Waals surface area contributed by atoms with Crippen LogP contribution in [0.25, 0.3) is 10.8 Å². The van der Waals surface area contributed by atoms with Gasteiger partial charge in [0, 0.05) is 12.1 Å². The van der Waals surface area contributed by atoms with Crippen LogP contribution in [-0.4, -0.2) is 36.3 Å². The Bertz CT molecular complexity index is 1210. The highest BCUT2D eigenvalue weighted by molar-refractivity contribution is 6.17. The van der Waals surface area contributed by atoms with Crippen LogP contribution in [0.3, 0.4) is 0 Å². The maximum atomic E-state index is 13.5. The van der Waals surface area contributed by atoms with Gasteiger partial charge in [-0.3, -0.25) is 14.6 Å². The summed E-state index contributed by atoms with van der Waals surface area (Å²) in [5.74, 6) is -1.25. The molecule has 0 aliphatic rings. The first kappa shape index (κ1) is 24.2. The summed E-state index contributed by atoms with van der Waals surface area (Å²) in [5, 5.41) is 3.95. The number of carbonyl (C=O) groups excluding carboxylic acids is 3. The van der Waals surface area contributed by atoms with Crippen LogP contribution in [0.5, 0.6) is 0 Å². The lowest BCUT2D eigenvalue weighted by Crippen LogP contribution is -2.42. The van der Waals surface area contributed by atoms with Gasteiger partial charge in [-0.1, -0.05) is 60.7 Å². The third kappa shape index (κ3) is 6.32. The predicted molar refractivity (Wildman–Crippen MR) is 130 cm³/mol. The Morgan fingerprint density at radius 1 is 0.912 bits per heavy atom. The first-order valence-electron chi connectivity index (χ1n) is 10.7. The lowest BCUT2D eigenvalue weighted by molar-refractivity contribution is 0.0901. The second kappa shape index (κ2) is 11.5. The zero-order valence-corrected chi connectivity index (χ0v) is 18.6. The summed E-state index contributed by atoms with van der Waals surface area (Å²) in [4.78, 5) is 42.2. The van der Waals surface area contributed by atoms with Gasteiger partial charge < -0.3 is 27.3 Å². The molecule has 3 aromatic carbocycles.